The zero-order chi connectivity index (χ0) is 9.54. The lowest BCUT2D eigenvalue weighted by Gasteiger charge is -2.19. The van der Waals surface area contributed by atoms with Gasteiger partial charge in [-0.25, -0.2) is 4.98 Å². The highest BCUT2D eigenvalue weighted by molar-refractivity contribution is 7.98. The van der Waals surface area contributed by atoms with Crippen LogP contribution in [0.15, 0.2) is 4.79 Å². The molecule has 2 aliphatic rings. The summed E-state index contributed by atoms with van der Waals surface area (Å²) in [6, 6.07) is 0. The smallest absolute Gasteiger partial charge is 0.259 e. The Bertz CT molecular complexity index is 440. The normalized spacial score (nSPS) is 18.6. The largest absolute Gasteiger partial charge is 0.355 e. The van der Waals surface area contributed by atoms with Crippen molar-refractivity contribution in [2.45, 2.75) is 24.5 Å². The molecule has 0 spiro atoms. The first-order valence-corrected chi connectivity index (χ1v) is 5.96. The van der Waals surface area contributed by atoms with Gasteiger partial charge in [-0.2, -0.15) is 11.8 Å². The zero-order valence-electron chi connectivity index (χ0n) is 7.75. The molecule has 0 amide bonds. The Morgan fingerprint density at radius 2 is 2.36 bits per heavy atom. The minimum Gasteiger partial charge on any atom is -0.355 e. The Hall–Kier alpha value is -0.970. The fraction of sp³-hybridized carbons (Fsp3) is 0.556. The number of rotatable bonds is 0. The van der Waals surface area contributed by atoms with Gasteiger partial charge in [0.25, 0.3) is 5.56 Å². The first-order valence-electron chi connectivity index (χ1n) is 4.80. The second kappa shape index (κ2) is 3.02. The second-order valence-corrected chi connectivity index (χ2v) is 4.58. The van der Waals surface area contributed by atoms with Crippen molar-refractivity contribution in [3.05, 3.63) is 21.6 Å². The summed E-state index contributed by atoms with van der Waals surface area (Å²) in [5, 5.41) is 3.18. The van der Waals surface area contributed by atoms with Gasteiger partial charge in [-0.15, -0.1) is 0 Å². The molecule has 1 aromatic heterocycles. The number of thioether (sulfide) groups is 1. The van der Waals surface area contributed by atoms with Crippen LogP contribution in [0.25, 0.3) is 0 Å². The lowest BCUT2D eigenvalue weighted by atomic mass is 10.2. The van der Waals surface area contributed by atoms with Gasteiger partial charge in [0, 0.05) is 30.2 Å². The van der Waals surface area contributed by atoms with Crippen LogP contribution in [0, 0.1) is 0 Å². The Morgan fingerprint density at radius 1 is 1.43 bits per heavy atom. The average Bonchev–Trinajstić information content (AvgIpc) is 2.66. The Balaban J connectivity index is 2.25. The third kappa shape index (κ3) is 1.08. The third-order valence-corrected chi connectivity index (χ3v) is 3.65. The molecule has 0 aromatic carbocycles. The van der Waals surface area contributed by atoms with Crippen molar-refractivity contribution in [2.24, 2.45) is 0 Å². The first kappa shape index (κ1) is 8.35. The number of hydrogen-bond donors (Lipinski definition) is 1. The molecule has 0 saturated carbocycles. The van der Waals surface area contributed by atoms with E-state index in [1.54, 1.807) is 16.3 Å². The number of hydrogen-bond acceptors (Lipinski definition) is 4. The van der Waals surface area contributed by atoms with E-state index in [2.05, 4.69) is 10.3 Å². The topological polar surface area (TPSA) is 46.9 Å². The van der Waals surface area contributed by atoms with Gasteiger partial charge in [-0.1, -0.05) is 0 Å². The van der Waals surface area contributed by atoms with Gasteiger partial charge in [0.1, 0.15) is 0 Å². The molecule has 3 heterocycles. The van der Waals surface area contributed by atoms with Crippen molar-refractivity contribution >= 4 is 17.7 Å². The summed E-state index contributed by atoms with van der Waals surface area (Å²) in [6.07, 6.45) is 1.01. The van der Waals surface area contributed by atoms with E-state index in [9.17, 15) is 4.79 Å². The molecule has 0 unspecified atom stereocenters. The van der Waals surface area contributed by atoms with Crippen molar-refractivity contribution in [1.29, 1.82) is 0 Å². The van der Waals surface area contributed by atoms with Crippen LogP contribution in [0.5, 0.6) is 0 Å². The summed E-state index contributed by atoms with van der Waals surface area (Å²) >= 11 is 1.77. The molecule has 0 bridgehead atoms. The third-order valence-electron chi connectivity index (χ3n) is 2.67. The van der Waals surface area contributed by atoms with Crippen molar-refractivity contribution in [3.8, 4) is 0 Å². The maximum Gasteiger partial charge on any atom is 0.259 e. The van der Waals surface area contributed by atoms with Crippen LogP contribution < -0.4 is 10.9 Å². The summed E-state index contributed by atoms with van der Waals surface area (Å²) in [5.74, 6) is 2.49. The van der Waals surface area contributed by atoms with Crippen LogP contribution in [0.4, 0.5) is 5.95 Å². The molecule has 3 rings (SSSR count). The fourth-order valence-electron chi connectivity index (χ4n) is 1.93. The molecular weight excluding hydrogens is 198 g/mol. The minimum absolute atomic E-state index is 0.169. The number of anilines is 1. The molecule has 0 saturated heterocycles. The SMILES string of the molecule is O=c1c2c(nc3n1CCCN3)CSC2. The predicted molar refractivity (Wildman–Crippen MR) is 56.6 cm³/mol. The molecule has 5 heteroatoms. The molecule has 0 fully saturated rings. The monoisotopic (exact) mass is 209 g/mol. The maximum absolute atomic E-state index is 12.0. The lowest BCUT2D eigenvalue weighted by molar-refractivity contribution is 0.590. The molecule has 0 radical (unpaired) electrons. The van der Waals surface area contributed by atoms with Crippen LogP contribution >= 0.6 is 11.8 Å². The molecule has 14 heavy (non-hydrogen) atoms. The first-order chi connectivity index (χ1) is 6.86. The number of nitrogens with zero attached hydrogens (tertiary/aromatic N) is 2. The summed E-state index contributed by atoms with van der Waals surface area (Å²) in [7, 11) is 0. The van der Waals surface area contributed by atoms with Crippen LogP contribution in [0.2, 0.25) is 0 Å². The quantitative estimate of drug-likeness (QED) is 0.686. The fourth-order valence-corrected chi connectivity index (χ4v) is 2.96. The highest BCUT2D eigenvalue weighted by Gasteiger charge is 2.21. The Kier molecular flexibility index (Phi) is 1.80. The van der Waals surface area contributed by atoms with Gasteiger partial charge in [0.05, 0.1) is 5.69 Å². The standard InChI is InChI=1S/C9H11N3OS/c13-8-6-4-14-5-7(6)11-9-10-2-1-3-12(8)9/h1-5H2,(H,10,11). The van der Waals surface area contributed by atoms with Gasteiger partial charge < -0.3 is 5.32 Å². The van der Waals surface area contributed by atoms with E-state index in [4.69, 9.17) is 0 Å². The van der Waals surface area contributed by atoms with Crippen molar-refractivity contribution in [2.75, 3.05) is 11.9 Å². The average molecular weight is 209 g/mol. The molecular formula is C9H11N3OS. The minimum atomic E-state index is 0.169. The van der Waals surface area contributed by atoms with Crippen LogP contribution in [0.1, 0.15) is 17.7 Å². The Morgan fingerprint density at radius 3 is 3.29 bits per heavy atom. The van der Waals surface area contributed by atoms with E-state index in [1.807, 2.05) is 0 Å². The molecule has 0 aliphatic carbocycles. The predicted octanol–water partition coefficient (Wildman–Crippen LogP) is 0.806. The van der Waals surface area contributed by atoms with Gasteiger partial charge >= 0.3 is 0 Å². The van der Waals surface area contributed by atoms with Gasteiger partial charge in [0.15, 0.2) is 0 Å². The maximum atomic E-state index is 12.0. The van der Waals surface area contributed by atoms with Gasteiger partial charge in [0.2, 0.25) is 5.95 Å². The second-order valence-electron chi connectivity index (χ2n) is 3.59. The summed E-state index contributed by atoms with van der Waals surface area (Å²) in [6.45, 7) is 1.74. The molecule has 4 nitrogen and oxygen atoms in total. The van der Waals surface area contributed by atoms with Crippen molar-refractivity contribution < 1.29 is 0 Å². The molecule has 1 aromatic rings. The summed E-state index contributed by atoms with van der Waals surface area (Å²) in [4.78, 5) is 16.5. The summed E-state index contributed by atoms with van der Waals surface area (Å²) in [5.41, 5.74) is 2.07. The lowest BCUT2D eigenvalue weighted by Crippen LogP contribution is -2.32. The molecule has 74 valence electrons. The van der Waals surface area contributed by atoms with E-state index in [0.29, 0.717) is 0 Å². The number of fused-ring (bicyclic) bond motifs is 2. The Labute approximate surface area is 85.7 Å². The molecule has 1 N–H and O–H groups in total. The number of aromatic nitrogens is 2. The highest BCUT2D eigenvalue weighted by atomic mass is 32.2. The number of nitrogens with one attached hydrogen (secondary N) is 1. The van der Waals surface area contributed by atoms with Crippen LogP contribution in [-0.2, 0) is 18.1 Å². The van der Waals surface area contributed by atoms with Crippen molar-refractivity contribution in [3.63, 3.8) is 0 Å². The van der Waals surface area contributed by atoms with Crippen molar-refractivity contribution in [1.82, 2.24) is 9.55 Å². The van der Waals surface area contributed by atoms with E-state index in [0.717, 1.165) is 48.2 Å². The van der Waals surface area contributed by atoms with E-state index < -0.39 is 0 Å². The van der Waals surface area contributed by atoms with E-state index in [-0.39, 0.29) is 5.56 Å². The van der Waals surface area contributed by atoms with Crippen LogP contribution in [-0.4, -0.2) is 16.1 Å². The molecule has 2 aliphatic heterocycles. The zero-order valence-corrected chi connectivity index (χ0v) is 8.56. The highest BCUT2D eigenvalue weighted by Crippen LogP contribution is 2.27. The van der Waals surface area contributed by atoms with E-state index >= 15 is 0 Å². The summed E-state index contributed by atoms with van der Waals surface area (Å²) < 4.78 is 1.77. The van der Waals surface area contributed by atoms with Crippen LogP contribution in [0.3, 0.4) is 0 Å². The molecule has 0 atom stereocenters. The van der Waals surface area contributed by atoms with Gasteiger partial charge in [-0.3, -0.25) is 9.36 Å². The van der Waals surface area contributed by atoms with E-state index in [1.165, 1.54) is 0 Å². The van der Waals surface area contributed by atoms with Gasteiger partial charge in [-0.05, 0) is 6.42 Å².